The molecule has 0 aliphatic carbocycles. The number of hydrogen-bond acceptors (Lipinski definition) is 2. The minimum atomic E-state index is 0. The Kier molecular flexibility index (Phi) is 11.4. The highest BCUT2D eigenvalue weighted by Gasteiger charge is 2.22. The van der Waals surface area contributed by atoms with Crippen molar-refractivity contribution in [2.45, 2.75) is 96.5 Å². The van der Waals surface area contributed by atoms with E-state index in [0.717, 1.165) is 19.6 Å². The molecule has 1 aliphatic rings. The van der Waals surface area contributed by atoms with Gasteiger partial charge in [0.25, 0.3) is 0 Å². The maximum absolute atomic E-state index is 2.54. The van der Waals surface area contributed by atoms with Gasteiger partial charge in [0.05, 0.1) is 11.4 Å². The Bertz CT molecular complexity index is 1670. The van der Waals surface area contributed by atoms with Crippen LogP contribution in [-0.4, -0.2) is 6.54 Å². The lowest BCUT2D eigenvalue weighted by molar-refractivity contribution is -0.708. The zero-order valence-corrected chi connectivity index (χ0v) is 28.2. The van der Waals surface area contributed by atoms with Crippen molar-refractivity contribution >= 4 is 23.1 Å². The molecule has 238 valence electrons. The predicted octanol–water partition coefficient (Wildman–Crippen LogP) is 10.5. The summed E-state index contributed by atoms with van der Waals surface area (Å²) in [6.07, 6.45) is 7.66. The Balaban J connectivity index is 0.00000417. The van der Waals surface area contributed by atoms with Crippen molar-refractivity contribution in [3.05, 3.63) is 131 Å². The molecule has 0 amide bonds. The quantitative estimate of drug-likeness (QED) is 0.100. The average Bonchev–Trinajstić information content (AvgIpc) is 3.04. The van der Waals surface area contributed by atoms with Crippen molar-refractivity contribution < 1.29 is 9.13 Å². The van der Waals surface area contributed by atoms with Crippen LogP contribution in [0.3, 0.4) is 0 Å². The third-order valence-corrected chi connectivity index (χ3v) is 10.4. The van der Waals surface area contributed by atoms with Gasteiger partial charge in [-0.2, -0.15) is 4.57 Å². The summed E-state index contributed by atoms with van der Waals surface area (Å²) >= 11 is 1.90. The summed E-state index contributed by atoms with van der Waals surface area (Å²) in [4.78, 5) is 5.27. The molecule has 6 rings (SSSR count). The normalized spacial score (nSPS) is 12.0. The first-order chi connectivity index (χ1) is 22.0. The number of aromatic nitrogens is 2. The number of anilines is 2. The Morgan fingerprint density at radius 1 is 0.522 bits per heavy atom. The summed E-state index contributed by atoms with van der Waals surface area (Å²) in [7, 11) is 0. The van der Waals surface area contributed by atoms with Crippen LogP contribution < -0.4 is 14.0 Å². The molecular weight excluding hydrogens is 579 g/mol. The van der Waals surface area contributed by atoms with Gasteiger partial charge >= 0.3 is 0 Å². The number of hydrogen-bond donors (Lipinski definition) is 0. The standard InChI is InChI=1S/C41H47N3S.CH4/c1-31-26-36(37-28-33(3)44(34(4)29-37)30-35-18-10-9-11-19-35)27-32(2)42(31)24-16-7-5-6-8-17-25-43-38-20-12-14-22-40(38)45-41-23-15-13-21-39(41)43;/h9-15,18-23,26-29H,5-8,16-17,24-25,30H2,1-4H3;1H4/q+2;. The van der Waals surface area contributed by atoms with Crippen LogP contribution in [0, 0.1) is 27.7 Å². The molecule has 0 radical (unpaired) electrons. The summed E-state index contributed by atoms with van der Waals surface area (Å²) < 4.78 is 4.91. The molecule has 46 heavy (non-hydrogen) atoms. The molecule has 0 unspecified atom stereocenters. The van der Waals surface area contributed by atoms with E-state index in [-0.39, 0.29) is 7.43 Å². The molecule has 0 atom stereocenters. The monoisotopic (exact) mass is 629 g/mol. The summed E-state index contributed by atoms with van der Waals surface area (Å²) in [5.74, 6) is 0. The first kappa shape index (κ1) is 33.5. The van der Waals surface area contributed by atoms with Crippen molar-refractivity contribution in [1.29, 1.82) is 0 Å². The molecule has 2 aromatic heterocycles. The van der Waals surface area contributed by atoms with Gasteiger partial charge in [-0.3, -0.25) is 0 Å². The lowest BCUT2D eigenvalue weighted by Gasteiger charge is -2.32. The van der Waals surface area contributed by atoms with Gasteiger partial charge in [-0.1, -0.05) is 93.0 Å². The van der Waals surface area contributed by atoms with Crippen LogP contribution in [0.25, 0.3) is 11.1 Å². The van der Waals surface area contributed by atoms with E-state index in [2.05, 4.69) is 145 Å². The summed E-state index contributed by atoms with van der Waals surface area (Å²) in [5, 5.41) is 0. The molecule has 1 aliphatic heterocycles. The van der Waals surface area contributed by atoms with Gasteiger partial charge < -0.3 is 4.90 Å². The van der Waals surface area contributed by atoms with E-state index in [1.54, 1.807) is 0 Å². The van der Waals surface area contributed by atoms with Crippen LogP contribution in [0.4, 0.5) is 11.4 Å². The zero-order valence-electron chi connectivity index (χ0n) is 27.4. The maximum Gasteiger partial charge on any atom is 0.179 e. The van der Waals surface area contributed by atoms with E-state index in [1.807, 2.05) is 11.8 Å². The van der Waals surface area contributed by atoms with Gasteiger partial charge in [-0.25, -0.2) is 4.57 Å². The molecule has 0 fully saturated rings. The minimum Gasteiger partial charge on any atom is -0.340 e. The molecule has 0 bridgehead atoms. The van der Waals surface area contributed by atoms with Crippen LogP contribution in [0.5, 0.6) is 0 Å². The second kappa shape index (κ2) is 15.6. The van der Waals surface area contributed by atoms with Gasteiger partial charge in [0.15, 0.2) is 29.3 Å². The Hall–Kier alpha value is -3.89. The van der Waals surface area contributed by atoms with E-state index >= 15 is 0 Å². The predicted molar refractivity (Wildman–Crippen MR) is 195 cm³/mol. The third-order valence-electron chi connectivity index (χ3n) is 9.22. The fraction of sp³-hybridized carbons (Fsp3) is 0.333. The van der Waals surface area contributed by atoms with E-state index in [1.165, 1.54) is 99.2 Å². The average molecular weight is 630 g/mol. The topological polar surface area (TPSA) is 11.0 Å². The fourth-order valence-electron chi connectivity index (χ4n) is 6.82. The number of pyridine rings is 2. The van der Waals surface area contributed by atoms with E-state index < -0.39 is 0 Å². The van der Waals surface area contributed by atoms with Crippen LogP contribution in [0.2, 0.25) is 0 Å². The van der Waals surface area contributed by atoms with Crippen molar-refractivity contribution in [2.24, 2.45) is 0 Å². The Morgan fingerprint density at radius 2 is 0.978 bits per heavy atom. The zero-order chi connectivity index (χ0) is 31.2. The Morgan fingerprint density at radius 3 is 1.54 bits per heavy atom. The maximum atomic E-state index is 2.54. The molecule has 0 saturated carbocycles. The van der Waals surface area contributed by atoms with Gasteiger partial charge in [0, 0.05) is 80.3 Å². The highest BCUT2D eigenvalue weighted by atomic mass is 32.2. The largest absolute Gasteiger partial charge is 0.340 e. The number of fused-ring (bicyclic) bond motifs is 2. The van der Waals surface area contributed by atoms with E-state index in [9.17, 15) is 0 Å². The second-order valence-electron chi connectivity index (χ2n) is 12.6. The van der Waals surface area contributed by atoms with Crippen LogP contribution >= 0.6 is 11.8 Å². The summed E-state index contributed by atoms with van der Waals surface area (Å²) in [5.41, 5.74) is 12.0. The summed E-state index contributed by atoms with van der Waals surface area (Å²) in [6, 6.07) is 37.9. The second-order valence-corrected chi connectivity index (χ2v) is 13.7. The summed E-state index contributed by atoms with van der Waals surface area (Å²) in [6.45, 7) is 12.1. The number of nitrogens with zero attached hydrogens (tertiary/aromatic N) is 3. The van der Waals surface area contributed by atoms with E-state index in [4.69, 9.17) is 0 Å². The number of aryl methyl sites for hydroxylation is 4. The molecule has 3 nitrogen and oxygen atoms in total. The molecule has 0 spiro atoms. The minimum absolute atomic E-state index is 0. The lowest BCUT2D eigenvalue weighted by Crippen LogP contribution is -2.41. The molecular formula is C42H51N3S+2. The van der Waals surface area contributed by atoms with Crippen molar-refractivity contribution in [3.8, 4) is 11.1 Å². The number of para-hydroxylation sites is 2. The van der Waals surface area contributed by atoms with Gasteiger partial charge in [-0.15, -0.1) is 0 Å². The third kappa shape index (κ3) is 7.73. The fourth-order valence-corrected chi connectivity index (χ4v) is 7.92. The SMILES string of the molecule is C.Cc1cc(-c2cc(C)[n+](Cc3ccccc3)c(C)c2)cc(C)[n+]1CCCCCCCCN1c2ccccc2Sc2ccccc21. The lowest BCUT2D eigenvalue weighted by atomic mass is 10.0. The van der Waals surface area contributed by atoms with Crippen LogP contribution in [-0.2, 0) is 13.1 Å². The van der Waals surface area contributed by atoms with Crippen LogP contribution in [0.15, 0.2) is 113 Å². The van der Waals surface area contributed by atoms with Crippen molar-refractivity contribution in [2.75, 3.05) is 11.4 Å². The highest BCUT2D eigenvalue weighted by molar-refractivity contribution is 7.99. The molecule has 0 saturated heterocycles. The van der Waals surface area contributed by atoms with Crippen molar-refractivity contribution in [1.82, 2.24) is 0 Å². The molecule has 4 heteroatoms. The van der Waals surface area contributed by atoms with Gasteiger partial charge in [-0.05, 0) is 48.2 Å². The van der Waals surface area contributed by atoms with Crippen molar-refractivity contribution in [3.63, 3.8) is 0 Å². The number of benzene rings is 3. The van der Waals surface area contributed by atoms with Gasteiger partial charge in [0.2, 0.25) is 0 Å². The number of unbranched alkanes of at least 4 members (excludes halogenated alkanes) is 5. The Labute approximate surface area is 282 Å². The number of rotatable bonds is 12. The molecule has 0 N–H and O–H groups in total. The first-order valence-corrected chi connectivity index (χ1v) is 17.5. The van der Waals surface area contributed by atoms with Crippen LogP contribution in [0.1, 0.15) is 74.3 Å². The molecule has 5 aromatic rings. The molecule has 3 heterocycles. The highest BCUT2D eigenvalue weighted by Crippen LogP contribution is 2.47. The first-order valence-electron chi connectivity index (χ1n) is 16.7. The van der Waals surface area contributed by atoms with Gasteiger partial charge in [0.1, 0.15) is 6.54 Å². The smallest absolute Gasteiger partial charge is 0.179 e. The van der Waals surface area contributed by atoms with E-state index in [0.29, 0.717) is 0 Å². The molecule has 3 aromatic carbocycles.